The lowest BCUT2D eigenvalue weighted by atomic mass is 10.00. The molecule has 0 aliphatic heterocycles. The number of aromatic nitrogens is 3. The Morgan fingerprint density at radius 3 is 1.70 bits per heavy atom. The molecule has 0 spiro atoms. The molecule has 0 bridgehead atoms. The first kappa shape index (κ1) is 45.1. The van der Waals surface area contributed by atoms with E-state index in [9.17, 15) is 38.4 Å². The summed E-state index contributed by atoms with van der Waals surface area (Å²) < 4.78 is 28.5. The van der Waals surface area contributed by atoms with Crippen LogP contribution in [0.15, 0.2) is 43.0 Å². The van der Waals surface area contributed by atoms with Gasteiger partial charge in [-0.3, -0.25) is 9.59 Å². The lowest BCUT2D eigenvalue weighted by Crippen LogP contribution is -2.15. The van der Waals surface area contributed by atoms with E-state index in [1.54, 1.807) is 77.9 Å². The van der Waals surface area contributed by atoms with Crippen molar-refractivity contribution in [3.8, 4) is 11.1 Å². The van der Waals surface area contributed by atoms with Crippen molar-refractivity contribution in [2.45, 2.75) is 41.5 Å². The Morgan fingerprint density at radius 1 is 0.643 bits per heavy atom. The highest BCUT2D eigenvalue weighted by molar-refractivity contribution is 6.11. The number of benzene rings is 1. The predicted octanol–water partition coefficient (Wildman–Crippen LogP) is 6.23. The largest absolute Gasteiger partial charge is 0.516 e. The van der Waals surface area contributed by atoms with Gasteiger partial charge in [0.1, 0.15) is 17.1 Å². The molecule has 298 valence electrons. The molecule has 3 N–H and O–H groups in total. The zero-order chi connectivity index (χ0) is 41.9. The van der Waals surface area contributed by atoms with Crippen LogP contribution in [0.1, 0.15) is 118 Å². The van der Waals surface area contributed by atoms with Gasteiger partial charge in [-0.15, -0.1) is 0 Å². The Labute approximate surface area is 321 Å². The predicted molar refractivity (Wildman–Crippen MR) is 200 cm³/mol. The second kappa shape index (κ2) is 22.2. The van der Waals surface area contributed by atoms with Crippen LogP contribution in [0.2, 0.25) is 0 Å². The Balaban J connectivity index is 0.000000311. The minimum atomic E-state index is -1.18. The summed E-state index contributed by atoms with van der Waals surface area (Å²) in [5.41, 5.74) is 3.08. The first-order valence-corrected chi connectivity index (χ1v) is 17.0. The number of aromatic amines is 3. The van der Waals surface area contributed by atoms with Gasteiger partial charge in [-0.1, -0.05) is 36.9 Å². The van der Waals surface area contributed by atoms with Crippen molar-refractivity contribution in [3.05, 3.63) is 99.4 Å². The van der Waals surface area contributed by atoms with Gasteiger partial charge in [-0.05, 0) is 70.4 Å². The second-order valence-electron chi connectivity index (χ2n) is 10.9. The van der Waals surface area contributed by atoms with Crippen LogP contribution in [0.3, 0.4) is 0 Å². The van der Waals surface area contributed by atoms with Crippen LogP contribution in [-0.4, -0.2) is 97.1 Å². The summed E-state index contributed by atoms with van der Waals surface area (Å²) >= 11 is 0. The van der Waals surface area contributed by atoms with E-state index >= 15 is 0 Å². The highest BCUT2D eigenvalue weighted by Gasteiger charge is 2.30. The number of aryl methyl sites for hydroxylation is 1. The lowest BCUT2D eigenvalue weighted by molar-refractivity contribution is 0.0394. The number of rotatable bonds is 13. The average Bonchev–Trinajstić information content (AvgIpc) is 3.88. The minimum absolute atomic E-state index is 0.0239. The quantitative estimate of drug-likeness (QED) is 0.0591. The van der Waals surface area contributed by atoms with Gasteiger partial charge >= 0.3 is 36.0 Å². The van der Waals surface area contributed by atoms with Gasteiger partial charge in [0, 0.05) is 5.56 Å². The number of aldehydes is 2. The fourth-order valence-corrected chi connectivity index (χ4v) is 4.95. The number of hydrogen-bond donors (Lipinski definition) is 3. The number of nitrogens with one attached hydrogen (secondary N) is 3. The summed E-state index contributed by atoms with van der Waals surface area (Å²) in [5, 5.41) is 0. The first-order chi connectivity index (χ1) is 26.8. The number of ether oxygens (including phenoxy) is 6. The van der Waals surface area contributed by atoms with Crippen LogP contribution >= 0.6 is 0 Å². The first-order valence-electron chi connectivity index (χ1n) is 17.0. The van der Waals surface area contributed by atoms with E-state index in [-0.39, 0.29) is 48.0 Å². The van der Waals surface area contributed by atoms with E-state index < -0.39 is 36.0 Å². The van der Waals surface area contributed by atoms with Crippen molar-refractivity contribution >= 4 is 54.7 Å². The second-order valence-corrected chi connectivity index (χ2v) is 10.9. The third kappa shape index (κ3) is 11.5. The van der Waals surface area contributed by atoms with Crippen molar-refractivity contribution < 1.29 is 66.8 Å². The molecule has 0 amide bonds. The van der Waals surface area contributed by atoms with E-state index in [1.165, 1.54) is 13.2 Å². The van der Waals surface area contributed by atoms with Crippen LogP contribution in [-0.2, 0) is 28.4 Å². The smallest absolute Gasteiger partial charge is 0.465 e. The third-order valence-electron chi connectivity index (χ3n) is 7.33. The number of H-pyrrole nitrogens is 3. The molecule has 4 aromatic rings. The molecule has 0 aliphatic carbocycles. The maximum absolute atomic E-state index is 12.4. The van der Waals surface area contributed by atoms with Gasteiger partial charge in [0.05, 0.1) is 61.7 Å². The molecule has 0 saturated carbocycles. The van der Waals surface area contributed by atoms with Gasteiger partial charge in [-0.2, -0.15) is 0 Å². The molecule has 56 heavy (non-hydrogen) atoms. The molecule has 3 heterocycles. The Hall–Kier alpha value is -7.04. The van der Waals surface area contributed by atoms with Crippen molar-refractivity contribution in [1.82, 2.24) is 15.0 Å². The van der Waals surface area contributed by atoms with Crippen molar-refractivity contribution in [1.29, 1.82) is 0 Å². The minimum Gasteiger partial charge on any atom is -0.465 e. The molecular weight excluding hydrogens is 734 g/mol. The van der Waals surface area contributed by atoms with Crippen molar-refractivity contribution in [2.75, 3.05) is 33.5 Å². The molecule has 17 nitrogen and oxygen atoms in total. The van der Waals surface area contributed by atoms with Gasteiger partial charge in [0.15, 0.2) is 12.6 Å². The summed E-state index contributed by atoms with van der Waals surface area (Å²) in [5.74, 6) is -3.29. The maximum Gasteiger partial charge on any atom is 0.516 e. The molecule has 0 unspecified atom stereocenters. The molecule has 0 fully saturated rings. The number of methoxy groups -OCH3 is 1. The van der Waals surface area contributed by atoms with Crippen LogP contribution in [0.5, 0.6) is 0 Å². The summed E-state index contributed by atoms with van der Waals surface area (Å²) in [7, 11) is 1.28. The number of carbonyl (C=O) groups excluding carboxylic acids is 8. The topological polar surface area (TPSA) is 239 Å². The normalized spacial score (nSPS) is 9.91. The highest BCUT2D eigenvalue weighted by atomic mass is 16.7. The number of carbonyl (C=O) groups is 8. The average molecular weight is 778 g/mol. The van der Waals surface area contributed by atoms with Crippen LogP contribution in [0.25, 0.3) is 17.2 Å². The van der Waals surface area contributed by atoms with Gasteiger partial charge < -0.3 is 43.4 Å². The molecule has 3 aromatic heterocycles. The zero-order valence-electron chi connectivity index (χ0n) is 31.9. The fourth-order valence-electron chi connectivity index (χ4n) is 4.95. The molecular formula is C39H43N3O14. The molecule has 17 heteroatoms. The number of esters is 5. The third-order valence-corrected chi connectivity index (χ3v) is 7.33. The molecule has 1 aromatic carbocycles. The Morgan fingerprint density at radius 2 is 1.20 bits per heavy atom. The zero-order valence-corrected chi connectivity index (χ0v) is 31.9. The Kier molecular flexibility index (Phi) is 17.9. The molecule has 0 radical (unpaired) electrons. The van der Waals surface area contributed by atoms with Gasteiger partial charge in [0.25, 0.3) is 0 Å². The highest BCUT2D eigenvalue weighted by Crippen LogP contribution is 2.31. The summed E-state index contributed by atoms with van der Waals surface area (Å²) in [6.45, 7) is 14.3. The fraction of sp³-hybridized carbons (Fsp3) is 0.282. The van der Waals surface area contributed by atoms with Crippen molar-refractivity contribution in [3.63, 3.8) is 0 Å². The van der Waals surface area contributed by atoms with Crippen LogP contribution in [0, 0.1) is 13.8 Å². The summed E-state index contributed by atoms with van der Waals surface area (Å²) in [6, 6.07) is 10.0. The standard InChI is InChI=1S/C18H17NO7.C12H15NO4.C9H11NO3/c1-3-24-16(21)14-12(10-20)19-15(17(22)26-18(23)25-4-2)13(14)11-8-6-5-7-9-11;1-5-8-9(11(14)16-4)7(3)10(13-8)12(15)17-6-2;1-3-13-9(12)8-6(2)4-7(5-11)10-8/h5-10,19H,3-4H2,1-2H3;5,13H,1,6H2,2-4H3;4-5,10H,3H2,1-2H3. The monoisotopic (exact) mass is 777 g/mol. The van der Waals surface area contributed by atoms with Gasteiger partial charge in [0.2, 0.25) is 0 Å². The van der Waals surface area contributed by atoms with Crippen LogP contribution < -0.4 is 0 Å². The van der Waals surface area contributed by atoms with Crippen LogP contribution in [0.4, 0.5) is 4.79 Å². The Bertz CT molecular complexity index is 2050. The van der Waals surface area contributed by atoms with E-state index in [2.05, 4.69) is 35.7 Å². The summed E-state index contributed by atoms with van der Waals surface area (Å²) in [4.78, 5) is 100. The van der Waals surface area contributed by atoms with E-state index in [4.69, 9.17) is 14.2 Å². The molecule has 0 saturated heterocycles. The van der Waals surface area contributed by atoms with E-state index in [0.717, 1.165) is 5.56 Å². The molecule has 0 aliphatic rings. The SMILES string of the molecule is C=Cc1[nH]c(C(=O)OCC)c(C)c1C(=O)OC.CCOC(=O)OC(=O)c1[nH]c(C=O)c(C(=O)OCC)c1-c1ccccc1.CCOC(=O)c1[nH]c(C=O)cc1C. The maximum atomic E-state index is 12.4. The number of hydrogen-bond acceptors (Lipinski definition) is 14. The summed E-state index contributed by atoms with van der Waals surface area (Å²) in [6.07, 6.45) is 1.33. The van der Waals surface area contributed by atoms with E-state index in [0.29, 0.717) is 53.0 Å². The lowest BCUT2D eigenvalue weighted by Gasteiger charge is -2.07. The van der Waals surface area contributed by atoms with Gasteiger partial charge in [-0.25, -0.2) is 28.8 Å². The molecule has 0 atom stereocenters. The van der Waals surface area contributed by atoms with E-state index in [1.807, 2.05) is 0 Å². The molecule has 4 rings (SSSR count). The van der Waals surface area contributed by atoms with Crippen molar-refractivity contribution in [2.24, 2.45) is 0 Å².